The minimum atomic E-state index is 0.705. The van der Waals surface area contributed by atoms with Gasteiger partial charge in [0, 0.05) is 5.69 Å². The SMILES string of the molecule is Nc1ccc2ccccc2c1C1CCC1. The third-order valence-corrected chi connectivity index (χ3v) is 3.52. The molecule has 0 amide bonds. The summed E-state index contributed by atoms with van der Waals surface area (Å²) < 4.78 is 0. The summed E-state index contributed by atoms with van der Waals surface area (Å²) in [6.45, 7) is 0. The Morgan fingerprint density at radius 3 is 2.53 bits per heavy atom. The van der Waals surface area contributed by atoms with Gasteiger partial charge in [0.2, 0.25) is 0 Å². The lowest BCUT2D eigenvalue weighted by Gasteiger charge is -2.28. The number of hydrogen-bond acceptors (Lipinski definition) is 1. The molecule has 1 aliphatic carbocycles. The van der Waals surface area contributed by atoms with Crippen molar-refractivity contribution in [1.29, 1.82) is 0 Å². The zero-order valence-corrected chi connectivity index (χ0v) is 8.74. The highest BCUT2D eigenvalue weighted by molar-refractivity contribution is 5.90. The van der Waals surface area contributed by atoms with E-state index in [1.165, 1.54) is 35.6 Å². The average Bonchev–Trinajstić information content (AvgIpc) is 2.20. The molecule has 2 aromatic rings. The van der Waals surface area contributed by atoms with Crippen LogP contribution in [0.2, 0.25) is 0 Å². The molecular formula is C14H15N. The molecule has 0 unspecified atom stereocenters. The number of nitrogens with two attached hydrogens (primary N) is 1. The predicted octanol–water partition coefficient (Wildman–Crippen LogP) is 3.69. The first-order chi connectivity index (χ1) is 7.36. The van der Waals surface area contributed by atoms with E-state index >= 15 is 0 Å². The van der Waals surface area contributed by atoms with Crippen molar-refractivity contribution >= 4 is 16.5 Å². The molecule has 1 heteroatoms. The molecule has 1 saturated carbocycles. The van der Waals surface area contributed by atoms with Gasteiger partial charge in [-0.1, -0.05) is 36.8 Å². The molecule has 1 nitrogen and oxygen atoms in total. The monoisotopic (exact) mass is 197 g/mol. The highest BCUT2D eigenvalue weighted by atomic mass is 14.6. The molecule has 0 heterocycles. The topological polar surface area (TPSA) is 26.0 Å². The Balaban J connectivity index is 2.27. The number of nitrogen functional groups attached to an aromatic ring is 1. The summed E-state index contributed by atoms with van der Waals surface area (Å²) in [6.07, 6.45) is 3.96. The zero-order chi connectivity index (χ0) is 10.3. The Bertz CT molecular complexity index is 498. The van der Waals surface area contributed by atoms with Crippen molar-refractivity contribution in [3.05, 3.63) is 42.0 Å². The first-order valence-corrected chi connectivity index (χ1v) is 5.63. The van der Waals surface area contributed by atoms with Gasteiger partial charge in [0.1, 0.15) is 0 Å². The first-order valence-electron chi connectivity index (χ1n) is 5.63. The molecular weight excluding hydrogens is 182 g/mol. The Hall–Kier alpha value is -1.50. The molecule has 2 N–H and O–H groups in total. The van der Waals surface area contributed by atoms with Gasteiger partial charge in [0.05, 0.1) is 0 Å². The van der Waals surface area contributed by atoms with E-state index in [2.05, 4.69) is 36.4 Å². The minimum absolute atomic E-state index is 0.705. The van der Waals surface area contributed by atoms with Crippen LogP contribution >= 0.6 is 0 Å². The van der Waals surface area contributed by atoms with E-state index in [9.17, 15) is 0 Å². The summed E-state index contributed by atoms with van der Waals surface area (Å²) in [7, 11) is 0. The fourth-order valence-corrected chi connectivity index (χ4v) is 2.47. The van der Waals surface area contributed by atoms with Crippen LogP contribution in [0.5, 0.6) is 0 Å². The fourth-order valence-electron chi connectivity index (χ4n) is 2.47. The molecule has 2 aromatic carbocycles. The summed E-state index contributed by atoms with van der Waals surface area (Å²) in [5.41, 5.74) is 8.46. The van der Waals surface area contributed by atoms with Crippen LogP contribution in [-0.4, -0.2) is 0 Å². The number of anilines is 1. The van der Waals surface area contributed by atoms with Crippen LogP contribution in [0, 0.1) is 0 Å². The van der Waals surface area contributed by atoms with E-state index in [4.69, 9.17) is 5.73 Å². The molecule has 3 rings (SSSR count). The van der Waals surface area contributed by atoms with Crippen LogP contribution < -0.4 is 5.73 Å². The maximum absolute atomic E-state index is 6.10. The van der Waals surface area contributed by atoms with Crippen LogP contribution in [0.3, 0.4) is 0 Å². The number of rotatable bonds is 1. The number of fused-ring (bicyclic) bond motifs is 1. The van der Waals surface area contributed by atoms with Crippen molar-refractivity contribution in [2.24, 2.45) is 0 Å². The number of hydrogen-bond donors (Lipinski definition) is 1. The van der Waals surface area contributed by atoms with Gasteiger partial charge in [-0.2, -0.15) is 0 Å². The van der Waals surface area contributed by atoms with Gasteiger partial charge in [0.15, 0.2) is 0 Å². The second-order valence-electron chi connectivity index (χ2n) is 4.42. The van der Waals surface area contributed by atoms with Gasteiger partial charge >= 0.3 is 0 Å². The fraction of sp³-hybridized carbons (Fsp3) is 0.286. The van der Waals surface area contributed by atoms with Crippen molar-refractivity contribution in [3.8, 4) is 0 Å². The van der Waals surface area contributed by atoms with E-state index in [1.807, 2.05) is 0 Å². The third kappa shape index (κ3) is 1.30. The maximum Gasteiger partial charge on any atom is 0.0355 e. The normalized spacial score (nSPS) is 16.5. The molecule has 0 aromatic heterocycles. The van der Waals surface area contributed by atoms with Gasteiger partial charge in [-0.25, -0.2) is 0 Å². The second kappa shape index (κ2) is 3.27. The first kappa shape index (κ1) is 8.78. The van der Waals surface area contributed by atoms with Crippen molar-refractivity contribution in [2.75, 3.05) is 5.73 Å². The van der Waals surface area contributed by atoms with Gasteiger partial charge in [-0.3, -0.25) is 0 Å². The van der Waals surface area contributed by atoms with Crippen LogP contribution in [0.25, 0.3) is 10.8 Å². The lowest BCUT2D eigenvalue weighted by molar-refractivity contribution is 0.423. The Morgan fingerprint density at radius 2 is 1.80 bits per heavy atom. The molecule has 0 radical (unpaired) electrons. The smallest absolute Gasteiger partial charge is 0.0355 e. The predicted molar refractivity (Wildman–Crippen MR) is 65.0 cm³/mol. The Labute approximate surface area is 89.9 Å². The average molecular weight is 197 g/mol. The standard InChI is InChI=1S/C14H15N/c15-13-9-8-10-4-1-2-7-12(10)14(13)11-5-3-6-11/h1-2,4,7-9,11H,3,5-6,15H2. The minimum Gasteiger partial charge on any atom is -0.398 e. The third-order valence-electron chi connectivity index (χ3n) is 3.52. The van der Waals surface area contributed by atoms with E-state index in [-0.39, 0.29) is 0 Å². The Morgan fingerprint density at radius 1 is 1.00 bits per heavy atom. The zero-order valence-electron chi connectivity index (χ0n) is 8.74. The summed E-state index contributed by atoms with van der Waals surface area (Å²) >= 11 is 0. The molecule has 0 saturated heterocycles. The lowest BCUT2D eigenvalue weighted by Crippen LogP contribution is -2.11. The highest BCUT2D eigenvalue weighted by Crippen LogP contribution is 2.42. The van der Waals surface area contributed by atoms with Crippen molar-refractivity contribution < 1.29 is 0 Å². The van der Waals surface area contributed by atoms with Gasteiger partial charge in [0.25, 0.3) is 0 Å². The van der Waals surface area contributed by atoms with E-state index in [1.54, 1.807) is 0 Å². The quantitative estimate of drug-likeness (QED) is 0.693. The second-order valence-corrected chi connectivity index (χ2v) is 4.42. The molecule has 76 valence electrons. The Kier molecular flexibility index (Phi) is 1.91. The highest BCUT2D eigenvalue weighted by Gasteiger charge is 2.23. The molecule has 0 aliphatic heterocycles. The van der Waals surface area contributed by atoms with Crippen molar-refractivity contribution in [1.82, 2.24) is 0 Å². The van der Waals surface area contributed by atoms with Crippen LogP contribution in [0.1, 0.15) is 30.7 Å². The molecule has 0 atom stereocenters. The van der Waals surface area contributed by atoms with Crippen LogP contribution in [-0.2, 0) is 0 Å². The molecule has 15 heavy (non-hydrogen) atoms. The summed E-state index contributed by atoms with van der Waals surface area (Å²) in [5, 5.41) is 2.66. The van der Waals surface area contributed by atoms with Gasteiger partial charge in [-0.05, 0) is 41.2 Å². The molecule has 1 aliphatic rings. The van der Waals surface area contributed by atoms with Gasteiger partial charge in [-0.15, -0.1) is 0 Å². The van der Waals surface area contributed by atoms with E-state index in [0.29, 0.717) is 5.92 Å². The van der Waals surface area contributed by atoms with Crippen LogP contribution in [0.4, 0.5) is 5.69 Å². The summed E-state index contributed by atoms with van der Waals surface area (Å²) in [5.74, 6) is 0.705. The van der Waals surface area contributed by atoms with Crippen molar-refractivity contribution in [3.63, 3.8) is 0 Å². The largest absolute Gasteiger partial charge is 0.398 e. The lowest BCUT2D eigenvalue weighted by atomic mass is 9.77. The number of benzene rings is 2. The van der Waals surface area contributed by atoms with Crippen LogP contribution in [0.15, 0.2) is 36.4 Å². The van der Waals surface area contributed by atoms with E-state index < -0.39 is 0 Å². The molecule has 1 fully saturated rings. The van der Waals surface area contributed by atoms with Crippen molar-refractivity contribution in [2.45, 2.75) is 25.2 Å². The summed E-state index contributed by atoms with van der Waals surface area (Å²) in [6, 6.07) is 12.7. The van der Waals surface area contributed by atoms with E-state index in [0.717, 1.165) is 5.69 Å². The molecule has 0 spiro atoms. The van der Waals surface area contributed by atoms with Gasteiger partial charge < -0.3 is 5.73 Å². The molecule has 0 bridgehead atoms. The summed E-state index contributed by atoms with van der Waals surface area (Å²) in [4.78, 5) is 0. The maximum atomic E-state index is 6.10.